The van der Waals surface area contributed by atoms with E-state index in [4.69, 9.17) is 39.5 Å². The summed E-state index contributed by atoms with van der Waals surface area (Å²) in [5.41, 5.74) is 0.161. The summed E-state index contributed by atoms with van der Waals surface area (Å²) in [6.45, 7) is 1.76. The molecule has 2 rings (SSSR count). The minimum Gasteiger partial charge on any atom is -0.462 e. The molecular formula is C15H14Cl3NO5S. The van der Waals surface area contributed by atoms with Gasteiger partial charge in [0.2, 0.25) is 0 Å². The summed E-state index contributed by atoms with van der Waals surface area (Å²) in [6, 6.07) is 5.14. The SMILES string of the molecule is CCOC(=O)c1ccccc1N(C(=O)C(Cl)(Cl)Cl)C1C=CS(=O)(=O)C1. The van der Waals surface area contributed by atoms with Crippen LogP contribution in [0.2, 0.25) is 0 Å². The summed E-state index contributed by atoms with van der Waals surface area (Å²) in [5.74, 6) is -2.03. The van der Waals surface area contributed by atoms with Gasteiger partial charge in [0.25, 0.3) is 9.70 Å². The second-order valence-corrected chi connectivity index (χ2v) is 9.35. The van der Waals surface area contributed by atoms with E-state index < -0.39 is 31.5 Å². The molecule has 1 unspecified atom stereocenters. The number of esters is 1. The van der Waals surface area contributed by atoms with Gasteiger partial charge in [-0.15, -0.1) is 0 Å². The van der Waals surface area contributed by atoms with Crippen molar-refractivity contribution in [2.24, 2.45) is 0 Å². The van der Waals surface area contributed by atoms with Gasteiger partial charge in [0.15, 0.2) is 9.84 Å². The van der Waals surface area contributed by atoms with E-state index in [1.54, 1.807) is 19.1 Å². The van der Waals surface area contributed by atoms with Crippen LogP contribution in [0.5, 0.6) is 0 Å². The first-order chi connectivity index (χ1) is 11.6. The van der Waals surface area contributed by atoms with Crippen LogP contribution in [0.15, 0.2) is 35.7 Å². The minimum atomic E-state index is -3.49. The van der Waals surface area contributed by atoms with Crippen molar-refractivity contribution in [2.75, 3.05) is 17.3 Å². The lowest BCUT2D eigenvalue weighted by molar-refractivity contribution is -0.118. The molecule has 1 aromatic rings. The number of ether oxygens (including phenoxy) is 1. The number of sulfone groups is 1. The zero-order chi connectivity index (χ0) is 18.8. The molecular weight excluding hydrogens is 413 g/mol. The van der Waals surface area contributed by atoms with Crippen LogP contribution in [0.3, 0.4) is 0 Å². The monoisotopic (exact) mass is 425 g/mol. The molecule has 1 aliphatic rings. The van der Waals surface area contributed by atoms with Crippen LogP contribution in [0.1, 0.15) is 17.3 Å². The van der Waals surface area contributed by atoms with E-state index in [0.717, 1.165) is 10.3 Å². The lowest BCUT2D eigenvalue weighted by Crippen LogP contribution is -2.47. The largest absolute Gasteiger partial charge is 0.462 e. The van der Waals surface area contributed by atoms with E-state index in [-0.39, 0.29) is 23.6 Å². The number of carbonyl (C=O) groups is 2. The normalized spacial score (nSPS) is 18.8. The van der Waals surface area contributed by atoms with E-state index in [2.05, 4.69) is 0 Å². The Morgan fingerprint density at radius 1 is 1.28 bits per heavy atom. The van der Waals surface area contributed by atoms with Crippen molar-refractivity contribution in [1.82, 2.24) is 0 Å². The number of benzene rings is 1. The zero-order valence-corrected chi connectivity index (χ0v) is 16.1. The number of rotatable bonds is 4. The number of halogens is 3. The molecule has 0 fully saturated rings. The highest BCUT2D eigenvalue weighted by Crippen LogP contribution is 2.35. The summed E-state index contributed by atoms with van der Waals surface area (Å²) < 4.78 is 26.2. The molecule has 1 atom stereocenters. The maximum atomic E-state index is 12.6. The predicted molar refractivity (Wildman–Crippen MR) is 96.9 cm³/mol. The van der Waals surface area contributed by atoms with E-state index in [1.807, 2.05) is 0 Å². The van der Waals surface area contributed by atoms with Gasteiger partial charge in [-0.1, -0.05) is 46.9 Å². The van der Waals surface area contributed by atoms with Crippen molar-refractivity contribution in [3.8, 4) is 0 Å². The second kappa shape index (κ2) is 7.53. The molecule has 6 nitrogen and oxygen atoms in total. The molecule has 1 amide bonds. The number of hydrogen-bond acceptors (Lipinski definition) is 5. The maximum absolute atomic E-state index is 12.6. The predicted octanol–water partition coefficient (Wildman–Crippen LogP) is 2.88. The number of carbonyl (C=O) groups excluding carboxylic acids is 2. The molecule has 1 aromatic carbocycles. The molecule has 0 saturated heterocycles. The molecule has 0 aliphatic carbocycles. The molecule has 1 aliphatic heterocycles. The lowest BCUT2D eigenvalue weighted by Gasteiger charge is -2.31. The molecule has 0 aromatic heterocycles. The van der Waals surface area contributed by atoms with Gasteiger partial charge in [-0.05, 0) is 25.1 Å². The van der Waals surface area contributed by atoms with Gasteiger partial charge in [0.1, 0.15) is 0 Å². The topological polar surface area (TPSA) is 80.8 Å². The summed E-state index contributed by atoms with van der Waals surface area (Å²) in [7, 11) is -3.49. The molecule has 136 valence electrons. The van der Waals surface area contributed by atoms with Crippen molar-refractivity contribution in [1.29, 1.82) is 0 Å². The molecule has 0 bridgehead atoms. The molecule has 25 heavy (non-hydrogen) atoms. The van der Waals surface area contributed by atoms with E-state index in [9.17, 15) is 18.0 Å². The molecule has 0 spiro atoms. The van der Waals surface area contributed by atoms with Crippen LogP contribution in [-0.2, 0) is 19.4 Å². The third-order valence-electron chi connectivity index (χ3n) is 3.36. The Bertz CT molecular complexity index is 817. The van der Waals surface area contributed by atoms with Crippen molar-refractivity contribution in [3.63, 3.8) is 0 Å². The van der Waals surface area contributed by atoms with Crippen molar-refractivity contribution >= 4 is 62.2 Å². The fourth-order valence-corrected chi connectivity index (χ4v) is 3.90. The number of para-hydroxylation sites is 1. The molecule has 1 heterocycles. The van der Waals surface area contributed by atoms with Crippen LogP contribution in [0.25, 0.3) is 0 Å². The highest BCUT2D eigenvalue weighted by atomic mass is 35.6. The second-order valence-electron chi connectivity index (χ2n) is 5.14. The zero-order valence-electron chi connectivity index (χ0n) is 13.0. The van der Waals surface area contributed by atoms with Gasteiger partial charge in [0, 0.05) is 5.41 Å². The number of amides is 1. The van der Waals surface area contributed by atoms with Gasteiger partial charge in [0.05, 0.1) is 29.7 Å². The first kappa shape index (κ1) is 20.0. The standard InChI is InChI=1S/C15H14Cl3NO5S/c1-2-24-13(20)11-5-3-4-6-12(11)19(14(21)15(16,17)18)10-7-8-25(22,23)9-10/h3-8,10H,2,9H2,1H3. The maximum Gasteiger partial charge on any atom is 0.340 e. The van der Waals surface area contributed by atoms with Gasteiger partial charge < -0.3 is 4.74 Å². The number of alkyl halides is 3. The van der Waals surface area contributed by atoms with E-state index in [0.29, 0.717) is 0 Å². The minimum absolute atomic E-state index is 0.0599. The fraction of sp³-hybridized carbons (Fsp3) is 0.333. The Labute approximate surface area is 160 Å². The molecule has 10 heteroatoms. The first-order valence-corrected chi connectivity index (χ1v) is 9.99. The average Bonchev–Trinajstić information content (AvgIpc) is 2.87. The summed E-state index contributed by atoms with van der Waals surface area (Å²) in [5, 5.41) is 0.989. The number of hydrogen-bond donors (Lipinski definition) is 0. The highest BCUT2D eigenvalue weighted by molar-refractivity contribution is 7.94. The summed E-state index contributed by atoms with van der Waals surface area (Å²) in [4.78, 5) is 25.8. The smallest absolute Gasteiger partial charge is 0.340 e. The van der Waals surface area contributed by atoms with Gasteiger partial charge in [-0.2, -0.15) is 0 Å². The lowest BCUT2D eigenvalue weighted by atomic mass is 10.1. The Morgan fingerprint density at radius 3 is 2.44 bits per heavy atom. The summed E-state index contributed by atoms with van der Waals surface area (Å²) >= 11 is 17.2. The third kappa shape index (κ3) is 4.67. The van der Waals surface area contributed by atoms with E-state index >= 15 is 0 Å². The van der Waals surface area contributed by atoms with Crippen LogP contribution in [0, 0.1) is 0 Å². The van der Waals surface area contributed by atoms with Crippen LogP contribution in [0.4, 0.5) is 5.69 Å². The van der Waals surface area contributed by atoms with Crippen molar-refractivity contribution in [2.45, 2.75) is 16.8 Å². The molecule has 0 saturated carbocycles. The molecule has 0 N–H and O–H groups in total. The fourth-order valence-electron chi connectivity index (χ4n) is 2.36. The van der Waals surface area contributed by atoms with Crippen molar-refractivity contribution < 1.29 is 22.7 Å². The number of nitrogens with zero attached hydrogens (tertiary/aromatic N) is 1. The van der Waals surface area contributed by atoms with E-state index in [1.165, 1.54) is 18.2 Å². The van der Waals surface area contributed by atoms with Gasteiger partial charge >= 0.3 is 5.97 Å². The third-order valence-corrected chi connectivity index (χ3v) is 5.23. The van der Waals surface area contributed by atoms with Gasteiger partial charge in [-0.3, -0.25) is 9.69 Å². The molecule has 0 radical (unpaired) electrons. The van der Waals surface area contributed by atoms with Crippen LogP contribution < -0.4 is 4.90 Å². The number of anilines is 1. The average molecular weight is 427 g/mol. The quantitative estimate of drug-likeness (QED) is 0.546. The van der Waals surface area contributed by atoms with Crippen LogP contribution in [-0.4, -0.2) is 42.5 Å². The Kier molecular flexibility index (Phi) is 6.04. The summed E-state index contributed by atoms with van der Waals surface area (Å²) in [6.07, 6.45) is 1.31. The van der Waals surface area contributed by atoms with Crippen LogP contribution >= 0.6 is 34.8 Å². The Hall–Kier alpha value is -1.28. The first-order valence-electron chi connectivity index (χ1n) is 7.14. The van der Waals surface area contributed by atoms with Gasteiger partial charge in [-0.25, -0.2) is 13.2 Å². The highest BCUT2D eigenvalue weighted by Gasteiger charge is 2.42. The Balaban J connectivity index is 2.56. The Morgan fingerprint density at radius 2 is 1.92 bits per heavy atom. The van der Waals surface area contributed by atoms with Crippen molar-refractivity contribution in [3.05, 3.63) is 41.3 Å².